The average Bonchev–Trinajstić information content (AvgIpc) is 2.25. The molecule has 1 amide bonds. The van der Waals surface area contributed by atoms with Crippen molar-refractivity contribution in [1.29, 1.82) is 0 Å². The van der Waals surface area contributed by atoms with Gasteiger partial charge in [-0.1, -0.05) is 13.3 Å². The molecule has 1 aliphatic heterocycles. The van der Waals surface area contributed by atoms with Crippen LogP contribution in [0.4, 0.5) is 0 Å². The average molecular weight is 224 g/mol. The van der Waals surface area contributed by atoms with Gasteiger partial charge < -0.3 is 10.2 Å². The number of likely N-dealkylation sites (tertiary alicyclic amines) is 1. The minimum absolute atomic E-state index is 0.351. The zero-order valence-electron chi connectivity index (χ0n) is 10.4. The number of carbonyl (C=O) groups is 1. The highest BCUT2D eigenvalue weighted by molar-refractivity contribution is 5.76. The minimum atomic E-state index is 0.351. The third kappa shape index (κ3) is 2.97. The fourth-order valence-electron chi connectivity index (χ4n) is 2.58. The molecule has 0 unspecified atom stereocenters. The van der Waals surface area contributed by atoms with Crippen molar-refractivity contribution < 1.29 is 4.79 Å². The summed E-state index contributed by atoms with van der Waals surface area (Å²) in [6.45, 7) is 4.00. The Morgan fingerprint density at radius 2 is 1.81 bits per heavy atom. The van der Waals surface area contributed by atoms with E-state index in [9.17, 15) is 4.79 Å². The second-order valence-corrected chi connectivity index (χ2v) is 5.20. The molecule has 16 heavy (non-hydrogen) atoms. The van der Waals surface area contributed by atoms with Crippen molar-refractivity contribution in [2.24, 2.45) is 0 Å². The first-order valence-electron chi connectivity index (χ1n) is 6.83. The molecule has 0 aromatic rings. The standard InChI is InChI=1S/C13H24N2O/c1-2-4-13(16)15-9-7-12(8-10-15)14-11-5-3-6-11/h11-12,14H,2-10H2,1H3. The summed E-state index contributed by atoms with van der Waals surface area (Å²) < 4.78 is 0. The number of hydrogen-bond acceptors (Lipinski definition) is 2. The number of carbonyl (C=O) groups excluding carboxylic acids is 1. The van der Waals surface area contributed by atoms with Gasteiger partial charge in [0.05, 0.1) is 0 Å². The Labute approximate surface area is 98.6 Å². The maximum atomic E-state index is 11.7. The number of piperidine rings is 1. The quantitative estimate of drug-likeness (QED) is 0.791. The fraction of sp³-hybridized carbons (Fsp3) is 0.923. The Bertz CT molecular complexity index is 230. The summed E-state index contributed by atoms with van der Waals surface area (Å²) in [5.41, 5.74) is 0. The molecule has 92 valence electrons. The number of hydrogen-bond donors (Lipinski definition) is 1. The van der Waals surface area contributed by atoms with Crippen molar-refractivity contribution in [3.63, 3.8) is 0 Å². The first-order valence-corrected chi connectivity index (χ1v) is 6.83. The monoisotopic (exact) mass is 224 g/mol. The second-order valence-electron chi connectivity index (χ2n) is 5.20. The lowest BCUT2D eigenvalue weighted by Crippen LogP contribution is -2.49. The van der Waals surface area contributed by atoms with Gasteiger partial charge in [-0.05, 0) is 32.1 Å². The second kappa shape index (κ2) is 5.67. The molecule has 1 saturated heterocycles. The van der Waals surface area contributed by atoms with E-state index in [-0.39, 0.29) is 0 Å². The van der Waals surface area contributed by atoms with E-state index in [0.29, 0.717) is 11.9 Å². The molecule has 2 aliphatic rings. The van der Waals surface area contributed by atoms with Crippen molar-refractivity contribution in [3.8, 4) is 0 Å². The summed E-state index contributed by atoms with van der Waals surface area (Å²) in [5.74, 6) is 0.351. The van der Waals surface area contributed by atoms with Crippen LogP contribution in [0.15, 0.2) is 0 Å². The molecule has 2 rings (SSSR count). The molecule has 3 nitrogen and oxygen atoms in total. The highest BCUT2D eigenvalue weighted by atomic mass is 16.2. The highest BCUT2D eigenvalue weighted by Gasteiger charge is 2.25. The van der Waals surface area contributed by atoms with Crippen molar-refractivity contribution in [3.05, 3.63) is 0 Å². The van der Waals surface area contributed by atoms with Gasteiger partial charge in [-0.2, -0.15) is 0 Å². The lowest BCUT2D eigenvalue weighted by Gasteiger charge is -2.37. The van der Waals surface area contributed by atoms with E-state index >= 15 is 0 Å². The van der Waals surface area contributed by atoms with E-state index in [4.69, 9.17) is 0 Å². The summed E-state index contributed by atoms with van der Waals surface area (Å²) >= 11 is 0. The molecule has 0 spiro atoms. The van der Waals surface area contributed by atoms with Gasteiger partial charge >= 0.3 is 0 Å². The van der Waals surface area contributed by atoms with Crippen LogP contribution in [0.2, 0.25) is 0 Å². The summed E-state index contributed by atoms with van der Waals surface area (Å²) in [6.07, 6.45) is 8.09. The van der Waals surface area contributed by atoms with Gasteiger partial charge in [-0.3, -0.25) is 4.79 Å². The fourth-order valence-corrected chi connectivity index (χ4v) is 2.58. The Hall–Kier alpha value is -0.570. The van der Waals surface area contributed by atoms with Gasteiger partial charge in [0, 0.05) is 31.6 Å². The van der Waals surface area contributed by atoms with Gasteiger partial charge in [0.2, 0.25) is 5.91 Å². The molecular formula is C13H24N2O. The summed E-state index contributed by atoms with van der Waals surface area (Å²) in [6, 6.07) is 1.44. The zero-order chi connectivity index (χ0) is 11.4. The molecule has 0 aromatic carbocycles. The van der Waals surface area contributed by atoms with Gasteiger partial charge in [0.25, 0.3) is 0 Å². The van der Waals surface area contributed by atoms with E-state index in [1.54, 1.807) is 0 Å². The normalized spacial score (nSPS) is 23.2. The maximum Gasteiger partial charge on any atom is 0.222 e. The van der Waals surface area contributed by atoms with Gasteiger partial charge in [0.1, 0.15) is 0 Å². The smallest absolute Gasteiger partial charge is 0.222 e. The predicted octanol–water partition coefficient (Wildman–Crippen LogP) is 1.92. The van der Waals surface area contributed by atoms with Crippen LogP contribution in [-0.4, -0.2) is 36.0 Å². The molecule has 1 N–H and O–H groups in total. The third-order valence-corrected chi connectivity index (χ3v) is 3.89. The van der Waals surface area contributed by atoms with E-state index in [1.807, 2.05) is 4.90 Å². The number of nitrogens with zero attached hydrogens (tertiary/aromatic N) is 1. The van der Waals surface area contributed by atoms with Crippen LogP contribution in [0.25, 0.3) is 0 Å². The molecule has 1 aliphatic carbocycles. The Morgan fingerprint density at radius 3 is 2.31 bits per heavy atom. The molecular weight excluding hydrogens is 200 g/mol. The third-order valence-electron chi connectivity index (χ3n) is 3.89. The summed E-state index contributed by atoms with van der Waals surface area (Å²) in [5, 5.41) is 3.71. The Balaban J connectivity index is 1.67. The number of nitrogens with one attached hydrogen (secondary N) is 1. The topological polar surface area (TPSA) is 32.3 Å². The van der Waals surface area contributed by atoms with Crippen molar-refractivity contribution in [2.45, 2.75) is 64.0 Å². The molecule has 1 heterocycles. The first kappa shape index (κ1) is 11.9. The molecule has 0 radical (unpaired) electrons. The highest BCUT2D eigenvalue weighted by Crippen LogP contribution is 2.21. The van der Waals surface area contributed by atoms with E-state index in [0.717, 1.165) is 44.8 Å². The van der Waals surface area contributed by atoms with Crippen LogP contribution in [0, 0.1) is 0 Å². The summed E-state index contributed by atoms with van der Waals surface area (Å²) in [4.78, 5) is 13.7. The molecule has 0 aromatic heterocycles. The van der Waals surface area contributed by atoms with Crippen molar-refractivity contribution in [2.75, 3.05) is 13.1 Å². The number of rotatable bonds is 4. The lowest BCUT2D eigenvalue weighted by atomic mass is 9.91. The molecule has 1 saturated carbocycles. The molecule has 2 fully saturated rings. The van der Waals surface area contributed by atoms with Gasteiger partial charge in [-0.15, -0.1) is 0 Å². The Kier molecular flexibility index (Phi) is 4.22. The van der Waals surface area contributed by atoms with E-state index < -0.39 is 0 Å². The van der Waals surface area contributed by atoms with Crippen LogP contribution in [-0.2, 0) is 4.79 Å². The van der Waals surface area contributed by atoms with Crippen LogP contribution in [0.1, 0.15) is 51.9 Å². The van der Waals surface area contributed by atoms with Crippen LogP contribution < -0.4 is 5.32 Å². The predicted molar refractivity (Wildman–Crippen MR) is 65.3 cm³/mol. The lowest BCUT2D eigenvalue weighted by molar-refractivity contribution is -0.132. The SMILES string of the molecule is CCCC(=O)N1CCC(NC2CCC2)CC1. The van der Waals surface area contributed by atoms with E-state index in [2.05, 4.69) is 12.2 Å². The van der Waals surface area contributed by atoms with Crippen LogP contribution in [0.3, 0.4) is 0 Å². The minimum Gasteiger partial charge on any atom is -0.343 e. The maximum absolute atomic E-state index is 11.7. The van der Waals surface area contributed by atoms with Crippen molar-refractivity contribution in [1.82, 2.24) is 10.2 Å². The molecule has 0 bridgehead atoms. The van der Waals surface area contributed by atoms with Crippen LogP contribution >= 0.6 is 0 Å². The first-order chi connectivity index (χ1) is 7.79. The van der Waals surface area contributed by atoms with E-state index in [1.165, 1.54) is 19.3 Å². The van der Waals surface area contributed by atoms with Crippen LogP contribution in [0.5, 0.6) is 0 Å². The zero-order valence-corrected chi connectivity index (χ0v) is 10.4. The summed E-state index contributed by atoms with van der Waals surface area (Å²) in [7, 11) is 0. The molecule has 0 atom stereocenters. The van der Waals surface area contributed by atoms with Gasteiger partial charge in [-0.25, -0.2) is 0 Å². The Morgan fingerprint density at radius 1 is 1.19 bits per heavy atom. The van der Waals surface area contributed by atoms with Crippen molar-refractivity contribution >= 4 is 5.91 Å². The number of amides is 1. The largest absolute Gasteiger partial charge is 0.343 e. The molecule has 3 heteroatoms. The van der Waals surface area contributed by atoms with Gasteiger partial charge in [0.15, 0.2) is 0 Å².